The summed E-state index contributed by atoms with van der Waals surface area (Å²) in [7, 11) is -3.77. The van der Waals surface area contributed by atoms with Crippen LogP contribution in [0, 0.1) is 6.92 Å². The van der Waals surface area contributed by atoms with E-state index in [0.717, 1.165) is 16.1 Å². The lowest BCUT2D eigenvalue weighted by atomic mass is 10.0. The fraction of sp³-hybridized carbons (Fsp3) is 0.200. The molecule has 1 amide bonds. The Balaban J connectivity index is 1.98. The molecule has 0 saturated heterocycles. The second-order valence-electron chi connectivity index (χ2n) is 7.69. The molecule has 0 heterocycles. The summed E-state index contributed by atoms with van der Waals surface area (Å²) in [5.41, 5.74) is 2.28. The lowest BCUT2D eigenvalue weighted by Gasteiger charge is -2.30. The molecule has 0 bridgehead atoms. The zero-order chi connectivity index (χ0) is 24.2. The number of amides is 1. The molecular formula is C25H25ClN2O4S. The van der Waals surface area contributed by atoms with E-state index in [0.29, 0.717) is 16.3 Å². The molecule has 0 aliphatic rings. The molecule has 3 aromatic rings. The van der Waals surface area contributed by atoms with Crippen molar-refractivity contribution >= 4 is 44.7 Å². The topological polar surface area (TPSA) is 83.6 Å². The van der Waals surface area contributed by atoms with Crippen LogP contribution < -0.4 is 9.62 Å². The Bertz CT molecular complexity index is 1260. The van der Waals surface area contributed by atoms with E-state index in [1.54, 1.807) is 73.7 Å². The fourth-order valence-electron chi connectivity index (χ4n) is 3.53. The van der Waals surface area contributed by atoms with Crippen molar-refractivity contribution in [3.05, 3.63) is 94.5 Å². The van der Waals surface area contributed by atoms with Gasteiger partial charge in [0.25, 0.3) is 0 Å². The van der Waals surface area contributed by atoms with Gasteiger partial charge < -0.3 is 5.32 Å². The van der Waals surface area contributed by atoms with Gasteiger partial charge in [0, 0.05) is 16.1 Å². The maximum Gasteiger partial charge on any atom is 0.248 e. The average Bonchev–Trinajstić information content (AvgIpc) is 2.78. The molecule has 0 radical (unpaired) electrons. The first-order chi connectivity index (χ1) is 15.6. The predicted octanol–water partition coefficient (Wildman–Crippen LogP) is 5.06. The molecule has 0 aliphatic carbocycles. The molecule has 8 heteroatoms. The van der Waals surface area contributed by atoms with E-state index in [1.807, 2.05) is 6.92 Å². The van der Waals surface area contributed by atoms with Crippen molar-refractivity contribution in [1.29, 1.82) is 0 Å². The van der Waals surface area contributed by atoms with Gasteiger partial charge in [-0.3, -0.25) is 13.9 Å². The molecule has 1 N–H and O–H groups in total. The van der Waals surface area contributed by atoms with Gasteiger partial charge in [0.05, 0.1) is 17.6 Å². The Kier molecular flexibility index (Phi) is 7.56. The number of anilines is 2. The van der Waals surface area contributed by atoms with Gasteiger partial charge in [0.1, 0.15) is 6.04 Å². The Morgan fingerprint density at radius 2 is 1.64 bits per heavy atom. The van der Waals surface area contributed by atoms with Crippen molar-refractivity contribution in [3.63, 3.8) is 0 Å². The number of benzene rings is 3. The van der Waals surface area contributed by atoms with Crippen LogP contribution in [0.5, 0.6) is 0 Å². The van der Waals surface area contributed by atoms with Gasteiger partial charge in [-0.1, -0.05) is 66.6 Å². The molecule has 0 unspecified atom stereocenters. The second-order valence-corrected chi connectivity index (χ2v) is 9.99. The van der Waals surface area contributed by atoms with Gasteiger partial charge in [0.15, 0.2) is 5.78 Å². The molecule has 6 nitrogen and oxygen atoms in total. The molecule has 172 valence electrons. The van der Waals surface area contributed by atoms with E-state index in [-0.39, 0.29) is 23.5 Å². The number of ketones is 1. The number of nitrogens with zero attached hydrogens (tertiary/aromatic N) is 1. The van der Waals surface area contributed by atoms with Crippen LogP contribution in [0.4, 0.5) is 11.4 Å². The van der Waals surface area contributed by atoms with Crippen LogP contribution in [0.2, 0.25) is 5.02 Å². The minimum Gasteiger partial charge on any atom is -0.324 e. The van der Waals surface area contributed by atoms with Crippen LogP contribution in [0.15, 0.2) is 72.8 Å². The quantitative estimate of drug-likeness (QED) is 0.453. The van der Waals surface area contributed by atoms with Crippen LogP contribution in [-0.4, -0.2) is 32.4 Å². The third-order valence-corrected chi connectivity index (χ3v) is 6.55. The summed E-state index contributed by atoms with van der Waals surface area (Å²) in [4.78, 5) is 26.4. The van der Waals surface area contributed by atoms with Crippen molar-refractivity contribution in [1.82, 2.24) is 0 Å². The number of halogens is 1. The van der Waals surface area contributed by atoms with Gasteiger partial charge in [0.2, 0.25) is 15.9 Å². The van der Waals surface area contributed by atoms with Crippen molar-refractivity contribution in [3.8, 4) is 0 Å². The van der Waals surface area contributed by atoms with Crippen LogP contribution >= 0.6 is 11.6 Å². The van der Waals surface area contributed by atoms with Gasteiger partial charge in [-0.25, -0.2) is 8.42 Å². The van der Waals surface area contributed by atoms with Crippen molar-refractivity contribution in [2.24, 2.45) is 0 Å². The largest absolute Gasteiger partial charge is 0.324 e. The van der Waals surface area contributed by atoms with Crippen molar-refractivity contribution in [2.75, 3.05) is 15.9 Å². The molecular weight excluding hydrogens is 460 g/mol. The zero-order valence-corrected chi connectivity index (χ0v) is 20.2. The summed E-state index contributed by atoms with van der Waals surface area (Å²) in [6.45, 7) is 3.62. The first kappa shape index (κ1) is 24.5. The Morgan fingerprint density at radius 3 is 2.21 bits per heavy atom. The van der Waals surface area contributed by atoms with Gasteiger partial charge in [-0.15, -0.1) is 0 Å². The summed E-state index contributed by atoms with van der Waals surface area (Å²) >= 11 is 6.13. The minimum atomic E-state index is -3.77. The smallest absolute Gasteiger partial charge is 0.248 e. The zero-order valence-electron chi connectivity index (χ0n) is 18.6. The molecule has 0 aliphatic heterocycles. The third kappa shape index (κ3) is 5.80. The number of hydrogen-bond acceptors (Lipinski definition) is 4. The Hall–Kier alpha value is -3.16. The third-order valence-electron chi connectivity index (χ3n) is 5.14. The van der Waals surface area contributed by atoms with E-state index in [2.05, 4.69) is 5.32 Å². The van der Waals surface area contributed by atoms with Gasteiger partial charge in [-0.05, 0) is 43.7 Å². The Labute approximate surface area is 199 Å². The average molecular weight is 485 g/mol. The first-order valence-corrected chi connectivity index (χ1v) is 12.6. The number of carbonyl (C=O) groups excluding carboxylic acids is 2. The standard InChI is InChI=1S/C25H25ClN2O4S/c1-4-23(28(33(3,31)32)20-13-10-17(2)11-14-20)25(30)27-22-15-12-19(26)16-21(22)24(29)18-8-6-5-7-9-18/h5-16,23H,4H2,1-3H3,(H,27,30)/t23-/m1/s1. The maximum absolute atomic E-state index is 13.3. The van der Waals surface area contributed by atoms with Gasteiger partial charge >= 0.3 is 0 Å². The summed E-state index contributed by atoms with van der Waals surface area (Å²) in [5, 5.41) is 3.09. The second kappa shape index (κ2) is 10.2. The van der Waals surface area contributed by atoms with E-state index in [9.17, 15) is 18.0 Å². The molecule has 1 atom stereocenters. The molecule has 0 aromatic heterocycles. The summed E-state index contributed by atoms with van der Waals surface area (Å²) in [5.74, 6) is -0.854. The first-order valence-electron chi connectivity index (χ1n) is 10.4. The van der Waals surface area contributed by atoms with E-state index in [4.69, 9.17) is 11.6 Å². The van der Waals surface area contributed by atoms with Crippen LogP contribution in [0.25, 0.3) is 0 Å². The number of hydrogen-bond donors (Lipinski definition) is 1. The minimum absolute atomic E-state index is 0.221. The SMILES string of the molecule is CC[C@H](C(=O)Nc1ccc(Cl)cc1C(=O)c1ccccc1)N(c1ccc(C)cc1)S(C)(=O)=O. The summed E-state index contributed by atoms with van der Waals surface area (Å²) in [6, 6.07) is 19.1. The van der Waals surface area contributed by atoms with E-state index >= 15 is 0 Å². The summed E-state index contributed by atoms with van der Waals surface area (Å²) in [6.07, 6.45) is 1.29. The van der Waals surface area contributed by atoms with Crippen LogP contribution in [0.3, 0.4) is 0 Å². The molecule has 33 heavy (non-hydrogen) atoms. The number of rotatable bonds is 8. The van der Waals surface area contributed by atoms with E-state index < -0.39 is 22.0 Å². The van der Waals surface area contributed by atoms with E-state index in [1.165, 1.54) is 6.07 Å². The highest BCUT2D eigenvalue weighted by Gasteiger charge is 2.32. The molecule has 3 rings (SSSR count). The predicted molar refractivity (Wildman–Crippen MR) is 133 cm³/mol. The summed E-state index contributed by atoms with van der Waals surface area (Å²) < 4.78 is 26.4. The number of aryl methyl sites for hydroxylation is 1. The van der Waals surface area contributed by atoms with Crippen LogP contribution in [0.1, 0.15) is 34.8 Å². The molecule has 0 spiro atoms. The highest BCUT2D eigenvalue weighted by atomic mass is 35.5. The Morgan fingerprint density at radius 1 is 1.00 bits per heavy atom. The number of nitrogens with one attached hydrogen (secondary N) is 1. The molecule has 0 saturated carbocycles. The highest BCUT2D eigenvalue weighted by molar-refractivity contribution is 7.92. The normalized spacial score (nSPS) is 12.1. The fourth-order valence-corrected chi connectivity index (χ4v) is 4.91. The highest BCUT2D eigenvalue weighted by Crippen LogP contribution is 2.27. The number of sulfonamides is 1. The lowest BCUT2D eigenvalue weighted by molar-refractivity contribution is -0.117. The lowest BCUT2D eigenvalue weighted by Crippen LogP contribution is -2.47. The maximum atomic E-state index is 13.3. The molecule has 3 aromatic carbocycles. The molecule has 0 fully saturated rings. The van der Waals surface area contributed by atoms with Crippen molar-refractivity contribution < 1.29 is 18.0 Å². The van der Waals surface area contributed by atoms with Crippen LogP contribution in [-0.2, 0) is 14.8 Å². The monoisotopic (exact) mass is 484 g/mol. The van der Waals surface area contributed by atoms with Crippen molar-refractivity contribution in [2.45, 2.75) is 26.3 Å². The van der Waals surface area contributed by atoms with Gasteiger partial charge in [-0.2, -0.15) is 0 Å². The number of carbonyl (C=O) groups is 2.